The summed E-state index contributed by atoms with van der Waals surface area (Å²) >= 11 is 0. The predicted octanol–water partition coefficient (Wildman–Crippen LogP) is 1.51. The lowest BCUT2D eigenvalue weighted by Crippen LogP contribution is -2.42. The second kappa shape index (κ2) is 6.19. The fourth-order valence-corrected chi connectivity index (χ4v) is 5.00. The highest BCUT2D eigenvalue weighted by Crippen LogP contribution is 2.29. The molecule has 0 spiro atoms. The fraction of sp³-hybridized carbons (Fsp3) is 0.235. The summed E-state index contributed by atoms with van der Waals surface area (Å²) in [6.07, 6.45) is 2.24. The van der Waals surface area contributed by atoms with E-state index < -0.39 is 22.0 Å². The van der Waals surface area contributed by atoms with Crippen LogP contribution in [0.3, 0.4) is 0 Å². The van der Waals surface area contributed by atoms with Crippen LogP contribution in [0.2, 0.25) is 0 Å². The third-order valence-corrected chi connectivity index (χ3v) is 6.53. The monoisotopic (exact) mass is 371 g/mol. The highest BCUT2D eigenvalue weighted by Gasteiger charge is 2.40. The highest BCUT2D eigenvalue weighted by molar-refractivity contribution is 7.89. The van der Waals surface area contributed by atoms with Crippen LogP contribution in [-0.2, 0) is 10.0 Å². The van der Waals surface area contributed by atoms with Crippen LogP contribution in [0.4, 0.5) is 5.95 Å². The lowest BCUT2D eigenvalue weighted by molar-refractivity contribution is 0.0835. The summed E-state index contributed by atoms with van der Waals surface area (Å²) in [5.41, 5.74) is 5.64. The van der Waals surface area contributed by atoms with E-state index in [0.29, 0.717) is 12.8 Å². The van der Waals surface area contributed by atoms with Crippen molar-refractivity contribution in [1.82, 2.24) is 19.1 Å². The second-order valence-corrected chi connectivity index (χ2v) is 8.07. The van der Waals surface area contributed by atoms with Crippen LogP contribution in [0.15, 0.2) is 53.7 Å². The Bertz CT molecular complexity index is 1090. The third kappa shape index (κ3) is 2.65. The number of fused-ring (bicyclic) bond motifs is 1. The van der Waals surface area contributed by atoms with E-state index in [1.165, 1.54) is 10.6 Å². The maximum Gasteiger partial charge on any atom is 0.253 e. The molecule has 1 atom stereocenters. The smallest absolute Gasteiger partial charge is 0.253 e. The van der Waals surface area contributed by atoms with E-state index in [0.717, 1.165) is 15.3 Å². The number of hydrogen-bond donors (Lipinski definition) is 1. The Kier molecular flexibility index (Phi) is 3.97. The van der Waals surface area contributed by atoms with Gasteiger partial charge in [-0.1, -0.05) is 30.3 Å². The van der Waals surface area contributed by atoms with Gasteiger partial charge < -0.3 is 5.73 Å². The summed E-state index contributed by atoms with van der Waals surface area (Å²) in [7, 11) is -3.81. The number of carbonyl (C=O) groups is 1. The zero-order chi connectivity index (χ0) is 18.3. The molecule has 26 heavy (non-hydrogen) atoms. The number of nitrogens with zero attached hydrogens (tertiary/aromatic N) is 4. The van der Waals surface area contributed by atoms with Crippen molar-refractivity contribution >= 4 is 32.7 Å². The quantitative estimate of drug-likeness (QED) is 0.747. The summed E-state index contributed by atoms with van der Waals surface area (Å²) in [4.78, 5) is 12.9. The van der Waals surface area contributed by atoms with Crippen molar-refractivity contribution in [2.24, 2.45) is 0 Å². The van der Waals surface area contributed by atoms with Gasteiger partial charge in [0, 0.05) is 6.54 Å². The Balaban J connectivity index is 1.71. The van der Waals surface area contributed by atoms with Crippen molar-refractivity contribution < 1.29 is 13.2 Å². The number of rotatable bonds is 3. The van der Waals surface area contributed by atoms with E-state index >= 15 is 0 Å². The Morgan fingerprint density at radius 1 is 1.15 bits per heavy atom. The zero-order valence-corrected chi connectivity index (χ0v) is 14.6. The fourth-order valence-electron chi connectivity index (χ4n) is 3.31. The topological polar surface area (TPSA) is 111 Å². The standard InChI is InChI=1S/C17H17N5O3S/c18-17-20-19-11-21(17)16(23)15-6-3-9-22(15)26(24,25)14-8-7-12-4-1-2-5-13(12)10-14/h1-2,4-5,7-8,10-11,15H,3,6,9H2,(H2,18,20). The minimum Gasteiger partial charge on any atom is -0.368 e. The van der Waals surface area contributed by atoms with Gasteiger partial charge >= 0.3 is 0 Å². The highest BCUT2D eigenvalue weighted by atomic mass is 32.2. The molecule has 1 aliphatic rings. The molecule has 1 fully saturated rings. The molecule has 3 aromatic rings. The molecular formula is C17H17N5O3S. The molecule has 0 aliphatic carbocycles. The van der Waals surface area contributed by atoms with E-state index in [9.17, 15) is 13.2 Å². The van der Waals surface area contributed by atoms with Gasteiger partial charge in [0.1, 0.15) is 12.4 Å². The number of sulfonamides is 1. The Morgan fingerprint density at radius 3 is 2.65 bits per heavy atom. The number of carbonyl (C=O) groups excluding carboxylic acids is 1. The molecule has 0 radical (unpaired) electrons. The number of nitrogen functional groups attached to an aromatic ring is 1. The minimum absolute atomic E-state index is 0.0510. The van der Waals surface area contributed by atoms with Gasteiger partial charge in [0.2, 0.25) is 16.0 Å². The van der Waals surface area contributed by atoms with Crippen LogP contribution >= 0.6 is 0 Å². The second-order valence-electron chi connectivity index (χ2n) is 6.18. The number of anilines is 1. The molecule has 9 heteroatoms. The molecular weight excluding hydrogens is 354 g/mol. The van der Waals surface area contributed by atoms with E-state index in [4.69, 9.17) is 5.73 Å². The number of benzene rings is 2. The molecule has 2 heterocycles. The molecule has 1 saturated heterocycles. The summed E-state index contributed by atoms with van der Waals surface area (Å²) in [5.74, 6) is -0.487. The molecule has 2 aromatic carbocycles. The van der Waals surface area contributed by atoms with Crippen LogP contribution in [-0.4, -0.2) is 46.0 Å². The van der Waals surface area contributed by atoms with Gasteiger partial charge in [-0.3, -0.25) is 4.79 Å². The van der Waals surface area contributed by atoms with Gasteiger partial charge in [-0.25, -0.2) is 13.0 Å². The average Bonchev–Trinajstić information content (AvgIpc) is 3.30. The van der Waals surface area contributed by atoms with E-state index in [2.05, 4.69) is 10.2 Å². The Labute approximate surface area is 150 Å². The van der Waals surface area contributed by atoms with E-state index in [-0.39, 0.29) is 17.4 Å². The molecule has 0 saturated carbocycles. The normalized spacial score (nSPS) is 18.4. The Hall–Kier alpha value is -2.78. The summed E-state index contributed by atoms with van der Waals surface area (Å²) in [6, 6.07) is 11.7. The van der Waals surface area contributed by atoms with Gasteiger partial charge in [-0.2, -0.15) is 4.31 Å². The van der Waals surface area contributed by atoms with Crippen LogP contribution in [0.1, 0.15) is 17.6 Å². The molecule has 134 valence electrons. The van der Waals surface area contributed by atoms with Gasteiger partial charge in [0.15, 0.2) is 0 Å². The lowest BCUT2D eigenvalue weighted by Gasteiger charge is -2.23. The van der Waals surface area contributed by atoms with Crippen molar-refractivity contribution in [2.45, 2.75) is 23.8 Å². The predicted molar refractivity (Wildman–Crippen MR) is 95.9 cm³/mol. The van der Waals surface area contributed by atoms with Crippen LogP contribution in [0, 0.1) is 0 Å². The molecule has 1 unspecified atom stereocenters. The Morgan fingerprint density at radius 2 is 1.92 bits per heavy atom. The lowest BCUT2D eigenvalue weighted by atomic mass is 10.1. The molecule has 2 N–H and O–H groups in total. The first-order valence-electron chi connectivity index (χ1n) is 8.19. The number of hydrogen-bond acceptors (Lipinski definition) is 6. The molecule has 1 aromatic heterocycles. The minimum atomic E-state index is -3.81. The number of aromatic nitrogens is 3. The van der Waals surface area contributed by atoms with Crippen molar-refractivity contribution in [3.05, 3.63) is 48.8 Å². The number of nitrogens with two attached hydrogens (primary N) is 1. The first-order chi connectivity index (χ1) is 12.5. The maximum atomic E-state index is 13.1. The SMILES string of the molecule is Nc1nncn1C(=O)C1CCCN1S(=O)(=O)c1ccc2ccccc2c1. The van der Waals surface area contributed by atoms with Crippen LogP contribution in [0.5, 0.6) is 0 Å². The van der Waals surface area contributed by atoms with E-state index in [1.807, 2.05) is 24.3 Å². The van der Waals surface area contributed by atoms with Crippen LogP contribution in [0.25, 0.3) is 10.8 Å². The molecule has 0 amide bonds. The first-order valence-corrected chi connectivity index (χ1v) is 9.63. The molecule has 1 aliphatic heterocycles. The van der Waals surface area contributed by atoms with Gasteiger partial charge in [-0.05, 0) is 35.7 Å². The van der Waals surface area contributed by atoms with Gasteiger partial charge in [0.25, 0.3) is 5.91 Å². The molecule has 0 bridgehead atoms. The van der Waals surface area contributed by atoms with Gasteiger partial charge in [0.05, 0.1) is 4.90 Å². The summed E-state index contributed by atoms with van der Waals surface area (Å²) in [6.45, 7) is 0.285. The van der Waals surface area contributed by atoms with Crippen molar-refractivity contribution in [3.8, 4) is 0 Å². The summed E-state index contributed by atoms with van der Waals surface area (Å²) < 4.78 is 28.6. The van der Waals surface area contributed by atoms with Crippen molar-refractivity contribution in [2.75, 3.05) is 12.3 Å². The average molecular weight is 371 g/mol. The van der Waals surface area contributed by atoms with Gasteiger partial charge in [-0.15, -0.1) is 10.2 Å². The first kappa shape index (κ1) is 16.7. The van der Waals surface area contributed by atoms with Crippen molar-refractivity contribution in [1.29, 1.82) is 0 Å². The zero-order valence-electron chi connectivity index (χ0n) is 13.8. The molecule has 8 nitrogen and oxygen atoms in total. The largest absolute Gasteiger partial charge is 0.368 e. The molecule has 4 rings (SSSR count). The summed E-state index contributed by atoms with van der Waals surface area (Å²) in [5, 5.41) is 8.97. The van der Waals surface area contributed by atoms with E-state index in [1.54, 1.807) is 18.2 Å². The third-order valence-electron chi connectivity index (χ3n) is 4.63. The van der Waals surface area contributed by atoms with Crippen LogP contribution < -0.4 is 5.73 Å². The maximum absolute atomic E-state index is 13.1. The van der Waals surface area contributed by atoms with Crippen molar-refractivity contribution in [3.63, 3.8) is 0 Å².